The normalized spacial score (nSPS) is 9.93. The summed E-state index contributed by atoms with van der Waals surface area (Å²) >= 11 is 3.27. The Morgan fingerprint density at radius 1 is 1.43 bits per heavy atom. The number of hydrogen-bond donors (Lipinski definition) is 0. The maximum Gasteiger partial charge on any atom is 0.165 e. The molecule has 0 aliphatic carbocycles. The molecule has 0 heterocycles. The zero-order chi connectivity index (χ0) is 10.7. The van der Waals surface area contributed by atoms with Gasteiger partial charge < -0.3 is 0 Å². The highest BCUT2D eigenvalue weighted by Crippen LogP contribution is 2.17. The molecular formula is C11H10BrNO. The molecule has 0 aliphatic heterocycles. The molecule has 0 spiro atoms. The third-order valence-electron chi connectivity index (χ3n) is 1.84. The summed E-state index contributed by atoms with van der Waals surface area (Å²) in [5, 5.41) is 8.72. The van der Waals surface area contributed by atoms with Gasteiger partial charge in [-0.25, -0.2) is 0 Å². The van der Waals surface area contributed by atoms with Crippen LogP contribution in [0, 0.1) is 17.2 Å². The minimum Gasteiger partial charge on any atom is -0.294 e. The summed E-state index contributed by atoms with van der Waals surface area (Å²) in [4.78, 5) is 11.6. The van der Waals surface area contributed by atoms with Crippen molar-refractivity contribution < 1.29 is 4.79 Å². The van der Waals surface area contributed by atoms with Gasteiger partial charge in [-0.1, -0.05) is 29.8 Å². The van der Waals surface area contributed by atoms with Gasteiger partial charge in [-0.05, 0) is 18.2 Å². The van der Waals surface area contributed by atoms with Crippen molar-refractivity contribution in [1.29, 1.82) is 5.26 Å². The molecule has 2 nitrogen and oxygen atoms in total. The SMILES string of the molecule is CC(C)C(=O)c1cc(Br)cc(C#N)c1. The van der Waals surface area contributed by atoms with Crippen molar-refractivity contribution in [3.63, 3.8) is 0 Å². The van der Waals surface area contributed by atoms with Crippen molar-refractivity contribution in [2.24, 2.45) is 5.92 Å². The van der Waals surface area contributed by atoms with Crippen LogP contribution < -0.4 is 0 Å². The molecule has 0 unspecified atom stereocenters. The second-order valence-corrected chi connectivity index (χ2v) is 4.28. The number of nitriles is 1. The second-order valence-electron chi connectivity index (χ2n) is 3.36. The fourth-order valence-corrected chi connectivity index (χ4v) is 1.62. The quantitative estimate of drug-likeness (QED) is 0.758. The molecule has 0 aromatic heterocycles. The van der Waals surface area contributed by atoms with E-state index < -0.39 is 0 Å². The van der Waals surface area contributed by atoms with Gasteiger partial charge in [-0.3, -0.25) is 4.79 Å². The van der Waals surface area contributed by atoms with E-state index in [0.29, 0.717) is 11.1 Å². The van der Waals surface area contributed by atoms with Crippen LogP contribution in [0.3, 0.4) is 0 Å². The minimum absolute atomic E-state index is 0.0455. The average molecular weight is 252 g/mol. The zero-order valence-corrected chi connectivity index (χ0v) is 9.63. The molecule has 1 aromatic rings. The number of rotatable bonds is 2. The number of ketones is 1. The van der Waals surface area contributed by atoms with Crippen LogP contribution in [0.2, 0.25) is 0 Å². The first-order valence-electron chi connectivity index (χ1n) is 4.29. The van der Waals surface area contributed by atoms with Crippen LogP contribution in [0.1, 0.15) is 29.8 Å². The van der Waals surface area contributed by atoms with E-state index in [-0.39, 0.29) is 11.7 Å². The number of benzene rings is 1. The molecule has 0 bridgehead atoms. The first-order valence-corrected chi connectivity index (χ1v) is 5.09. The molecule has 1 aromatic carbocycles. The third kappa shape index (κ3) is 2.43. The lowest BCUT2D eigenvalue weighted by atomic mass is 10.00. The summed E-state index contributed by atoms with van der Waals surface area (Å²) in [5.41, 5.74) is 1.09. The fraction of sp³-hybridized carbons (Fsp3) is 0.273. The lowest BCUT2D eigenvalue weighted by molar-refractivity contribution is 0.0939. The smallest absolute Gasteiger partial charge is 0.165 e. The first-order chi connectivity index (χ1) is 6.54. The molecule has 3 heteroatoms. The lowest BCUT2D eigenvalue weighted by Crippen LogP contribution is -2.07. The van der Waals surface area contributed by atoms with Crippen LogP contribution in [0.4, 0.5) is 0 Å². The van der Waals surface area contributed by atoms with Crippen molar-refractivity contribution >= 4 is 21.7 Å². The zero-order valence-electron chi connectivity index (χ0n) is 8.04. The molecule has 0 radical (unpaired) electrons. The van der Waals surface area contributed by atoms with E-state index >= 15 is 0 Å². The number of halogens is 1. The van der Waals surface area contributed by atoms with Crippen LogP contribution in [-0.2, 0) is 0 Å². The van der Waals surface area contributed by atoms with Gasteiger partial charge in [0.15, 0.2) is 5.78 Å². The predicted octanol–water partition coefficient (Wildman–Crippen LogP) is 3.16. The topological polar surface area (TPSA) is 40.9 Å². The van der Waals surface area contributed by atoms with Gasteiger partial charge in [-0.15, -0.1) is 0 Å². The average Bonchev–Trinajstić information content (AvgIpc) is 2.15. The summed E-state index contributed by atoms with van der Waals surface area (Å²) in [6.45, 7) is 3.69. The van der Waals surface area contributed by atoms with E-state index in [9.17, 15) is 4.79 Å². The van der Waals surface area contributed by atoms with Gasteiger partial charge in [0, 0.05) is 16.0 Å². The van der Waals surface area contributed by atoms with Crippen LogP contribution in [0.5, 0.6) is 0 Å². The second kappa shape index (κ2) is 4.39. The molecule has 0 atom stereocenters. The number of hydrogen-bond acceptors (Lipinski definition) is 2. The van der Waals surface area contributed by atoms with Crippen molar-refractivity contribution in [3.05, 3.63) is 33.8 Å². The standard InChI is InChI=1S/C11H10BrNO/c1-7(2)11(14)9-3-8(6-13)4-10(12)5-9/h3-5,7H,1-2H3. The fourth-order valence-electron chi connectivity index (χ4n) is 1.13. The molecule has 0 saturated heterocycles. The Hall–Kier alpha value is -1.14. The minimum atomic E-state index is -0.0455. The number of Topliss-reactive ketones (excluding diaryl/α,β-unsaturated/α-hetero) is 1. The molecule has 0 aliphatic rings. The Balaban J connectivity index is 3.17. The number of nitrogens with zero attached hydrogens (tertiary/aromatic N) is 1. The Bertz CT molecular complexity index is 404. The van der Waals surface area contributed by atoms with Crippen LogP contribution in [0.15, 0.2) is 22.7 Å². The summed E-state index contributed by atoms with van der Waals surface area (Å²) in [5.74, 6) is 0.0126. The van der Waals surface area contributed by atoms with Gasteiger partial charge in [0.1, 0.15) is 0 Å². The summed E-state index contributed by atoms with van der Waals surface area (Å²) < 4.78 is 0.764. The Kier molecular flexibility index (Phi) is 3.43. The summed E-state index contributed by atoms with van der Waals surface area (Å²) in [7, 11) is 0. The molecule has 14 heavy (non-hydrogen) atoms. The van der Waals surface area contributed by atoms with E-state index in [2.05, 4.69) is 15.9 Å². The van der Waals surface area contributed by atoms with E-state index in [0.717, 1.165) is 4.47 Å². The Labute approximate surface area is 91.7 Å². The van der Waals surface area contributed by atoms with Gasteiger partial charge in [0.2, 0.25) is 0 Å². The number of carbonyl (C=O) groups is 1. The maximum atomic E-state index is 11.6. The van der Waals surface area contributed by atoms with Crippen molar-refractivity contribution in [2.45, 2.75) is 13.8 Å². The summed E-state index contributed by atoms with van der Waals surface area (Å²) in [6, 6.07) is 7.07. The maximum absolute atomic E-state index is 11.6. The Morgan fingerprint density at radius 2 is 2.07 bits per heavy atom. The van der Waals surface area contributed by atoms with E-state index in [1.807, 2.05) is 19.9 Å². The first kappa shape index (κ1) is 10.9. The van der Waals surface area contributed by atoms with Crippen molar-refractivity contribution in [2.75, 3.05) is 0 Å². The highest BCUT2D eigenvalue weighted by molar-refractivity contribution is 9.10. The summed E-state index contributed by atoms with van der Waals surface area (Å²) in [6.07, 6.45) is 0. The van der Waals surface area contributed by atoms with Gasteiger partial charge in [-0.2, -0.15) is 5.26 Å². The lowest BCUT2D eigenvalue weighted by Gasteiger charge is -2.04. The van der Waals surface area contributed by atoms with E-state index in [1.54, 1.807) is 18.2 Å². The van der Waals surface area contributed by atoms with Gasteiger partial charge >= 0.3 is 0 Å². The van der Waals surface area contributed by atoms with Crippen molar-refractivity contribution in [3.8, 4) is 6.07 Å². The highest BCUT2D eigenvalue weighted by atomic mass is 79.9. The molecule has 0 saturated carbocycles. The molecule has 0 N–H and O–H groups in total. The molecule has 0 fully saturated rings. The van der Waals surface area contributed by atoms with E-state index in [1.165, 1.54) is 0 Å². The molecule has 1 rings (SSSR count). The molecule has 0 amide bonds. The predicted molar refractivity (Wildman–Crippen MR) is 58.0 cm³/mol. The van der Waals surface area contributed by atoms with Gasteiger partial charge in [0.05, 0.1) is 11.6 Å². The van der Waals surface area contributed by atoms with Crippen molar-refractivity contribution in [1.82, 2.24) is 0 Å². The highest BCUT2D eigenvalue weighted by Gasteiger charge is 2.11. The van der Waals surface area contributed by atoms with E-state index in [4.69, 9.17) is 5.26 Å². The molecular weight excluding hydrogens is 242 g/mol. The third-order valence-corrected chi connectivity index (χ3v) is 2.29. The van der Waals surface area contributed by atoms with Gasteiger partial charge in [0.25, 0.3) is 0 Å². The van der Waals surface area contributed by atoms with Crippen LogP contribution >= 0.6 is 15.9 Å². The Morgan fingerprint density at radius 3 is 2.57 bits per heavy atom. The van der Waals surface area contributed by atoms with Crippen LogP contribution in [-0.4, -0.2) is 5.78 Å². The monoisotopic (exact) mass is 251 g/mol. The number of carbonyl (C=O) groups excluding carboxylic acids is 1. The largest absolute Gasteiger partial charge is 0.294 e. The van der Waals surface area contributed by atoms with Crippen LogP contribution in [0.25, 0.3) is 0 Å². The molecule has 72 valence electrons.